The van der Waals surface area contributed by atoms with Crippen LogP contribution in [0.25, 0.3) is 0 Å². The Hall–Kier alpha value is -1.86. The van der Waals surface area contributed by atoms with Crippen LogP contribution in [0.3, 0.4) is 0 Å². The zero-order valence-electron chi connectivity index (χ0n) is 12.4. The highest BCUT2D eigenvalue weighted by Gasteiger charge is 2.28. The van der Waals surface area contributed by atoms with Gasteiger partial charge in [-0.3, -0.25) is 4.79 Å². The number of aromatic nitrogens is 1. The normalized spacial score (nSPS) is 20.7. The Morgan fingerprint density at radius 1 is 1.39 bits per heavy atom. The van der Waals surface area contributed by atoms with Gasteiger partial charge in [-0.2, -0.15) is 0 Å². The molecule has 3 rings (SSSR count). The molecule has 7 heteroatoms. The lowest BCUT2D eigenvalue weighted by molar-refractivity contribution is -0.119. The molecule has 1 amide bonds. The van der Waals surface area contributed by atoms with Gasteiger partial charge in [0.1, 0.15) is 11.6 Å². The number of thiazole rings is 1. The second-order valence-corrected chi connectivity index (χ2v) is 6.92. The minimum atomic E-state index is -0.599. The molecule has 1 aliphatic carbocycles. The fourth-order valence-corrected chi connectivity index (χ4v) is 3.60. The third-order valence-corrected chi connectivity index (χ3v) is 4.92. The molecule has 1 aliphatic rings. The summed E-state index contributed by atoms with van der Waals surface area (Å²) in [6.07, 6.45) is 4.28. The molecule has 0 aliphatic heterocycles. The highest BCUT2D eigenvalue weighted by atomic mass is 32.1. The van der Waals surface area contributed by atoms with Gasteiger partial charge in [-0.1, -0.05) is 6.07 Å². The average Bonchev–Trinajstić information content (AvgIpc) is 3.11. The van der Waals surface area contributed by atoms with Crippen molar-refractivity contribution in [3.8, 4) is 0 Å². The Morgan fingerprint density at radius 3 is 2.91 bits per heavy atom. The van der Waals surface area contributed by atoms with E-state index in [4.69, 9.17) is 5.73 Å². The summed E-state index contributed by atoms with van der Waals surface area (Å²) in [5, 5.41) is 3.29. The lowest BCUT2D eigenvalue weighted by atomic mass is 10.1. The molecule has 122 valence electrons. The molecule has 3 N–H and O–H groups in total. The van der Waals surface area contributed by atoms with Crippen LogP contribution in [0.1, 0.15) is 29.7 Å². The molecule has 0 saturated heterocycles. The van der Waals surface area contributed by atoms with Crippen molar-refractivity contribution in [2.75, 3.05) is 5.32 Å². The van der Waals surface area contributed by atoms with Crippen molar-refractivity contribution in [3.63, 3.8) is 0 Å². The summed E-state index contributed by atoms with van der Waals surface area (Å²) in [5.74, 6) is -1.30. The van der Waals surface area contributed by atoms with E-state index in [2.05, 4.69) is 10.3 Å². The Bertz CT molecular complexity index is 719. The summed E-state index contributed by atoms with van der Waals surface area (Å²) in [7, 11) is 0. The fourth-order valence-electron chi connectivity index (χ4n) is 2.76. The standard InChI is InChI=1S/C16H17F2N3OS/c17-11-3-1-9(14(18)7-11)6-13-8-20-16(23-13)21-15(22)10-2-4-12(19)5-10/h1,3,7-8,10,12H,2,4-6,19H2,(H,20,21,22). The number of amides is 1. The molecule has 1 heterocycles. The quantitative estimate of drug-likeness (QED) is 0.901. The first-order valence-corrected chi connectivity index (χ1v) is 8.28. The average molecular weight is 337 g/mol. The number of rotatable bonds is 4. The zero-order valence-corrected chi connectivity index (χ0v) is 13.2. The topological polar surface area (TPSA) is 68.0 Å². The molecule has 0 spiro atoms. The van der Waals surface area contributed by atoms with Crippen LogP contribution in [0.5, 0.6) is 0 Å². The summed E-state index contributed by atoms with van der Waals surface area (Å²) in [6, 6.07) is 3.61. The number of benzene rings is 1. The predicted molar refractivity (Wildman–Crippen MR) is 85.2 cm³/mol. The molecule has 0 bridgehead atoms. The number of nitrogens with one attached hydrogen (secondary N) is 1. The van der Waals surface area contributed by atoms with Crippen molar-refractivity contribution in [1.29, 1.82) is 0 Å². The van der Waals surface area contributed by atoms with Crippen LogP contribution >= 0.6 is 11.3 Å². The van der Waals surface area contributed by atoms with Crippen molar-refractivity contribution in [3.05, 3.63) is 46.5 Å². The van der Waals surface area contributed by atoms with Crippen molar-refractivity contribution in [2.24, 2.45) is 11.7 Å². The maximum Gasteiger partial charge on any atom is 0.229 e. The largest absolute Gasteiger partial charge is 0.328 e. The Labute approximate surface area is 136 Å². The molecule has 1 aromatic carbocycles. The molecule has 0 radical (unpaired) electrons. The maximum absolute atomic E-state index is 13.7. The van der Waals surface area contributed by atoms with E-state index in [0.717, 1.165) is 23.8 Å². The van der Waals surface area contributed by atoms with E-state index in [1.54, 1.807) is 6.20 Å². The van der Waals surface area contributed by atoms with Crippen molar-refractivity contribution in [1.82, 2.24) is 4.98 Å². The van der Waals surface area contributed by atoms with Crippen LogP contribution in [0.4, 0.5) is 13.9 Å². The lowest BCUT2D eigenvalue weighted by Crippen LogP contribution is -2.23. The van der Waals surface area contributed by atoms with Crippen molar-refractivity contribution in [2.45, 2.75) is 31.7 Å². The number of nitrogens with two attached hydrogens (primary N) is 1. The van der Waals surface area contributed by atoms with E-state index in [1.807, 2.05) is 0 Å². The Kier molecular flexibility index (Phi) is 4.68. The molecular weight excluding hydrogens is 320 g/mol. The third kappa shape index (κ3) is 3.92. The number of hydrogen-bond donors (Lipinski definition) is 2. The predicted octanol–water partition coefficient (Wildman–Crippen LogP) is 3.08. The zero-order chi connectivity index (χ0) is 16.4. The second-order valence-electron chi connectivity index (χ2n) is 5.80. The van der Waals surface area contributed by atoms with Crippen LogP contribution < -0.4 is 11.1 Å². The van der Waals surface area contributed by atoms with E-state index in [9.17, 15) is 13.6 Å². The summed E-state index contributed by atoms with van der Waals surface area (Å²) < 4.78 is 26.6. The van der Waals surface area contributed by atoms with Gasteiger partial charge < -0.3 is 11.1 Å². The van der Waals surface area contributed by atoms with E-state index in [0.29, 0.717) is 23.5 Å². The van der Waals surface area contributed by atoms with Crippen LogP contribution in [0.15, 0.2) is 24.4 Å². The van der Waals surface area contributed by atoms with Gasteiger partial charge in [0.2, 0.25) is 5.91 Å². The van der Waals surface area contributed by atoms with E-state index < -0.39 is 11.6 Å². The molecule has 23 heavy (non-hydrogen) atoms. The fraction of sp³-hybridized carbons (Fsp3) is 0.375. The number of nitrogens with zero attached hydrogens (tertiary/aromatic N) is 1. The monoisotopic (exact) mass is 337 g/mol. The van der Waals surface area contributed by atoms with Crippen molar-refractivity contribution < 1.29 is 13.6 Å². The number of halogens is 2. The third-order valence-electron chi connectivity index (χ3n) is 4.01. The summed E-state index contributed by atoms with van der Waals surface area (Å²) in [4.78, 5) is 17.1. The van der Waals surface area contributed by atoms with Crippen LogP contribution in [-0.4, -0.2) is 16.9 Å². The molecule has 1 aromatic heterocycles. The van der Waals surface area contributed by atoms with Gasteiger partial charge in [0, 0.05) is 35.5 Å². The molecule has 1 fully saturated rings. The van der Waals surface area contributed by atoms with Crippen LogP contribution in [0.2, 0.25) is 0 Å². The van der Waals surface area contributed by atoms with Gasteiger partial charge in [-0.05, 0) is 30.9 Å². The molecule has 2 unspecified atom stereocenters. The highest BCUT2D eigenvalue weighted by Crippen LogP contribution is 2.27. The van der Waals surface area contributed by atoms with Gasteiger partial charge in [0.05, 0.1) is 0 Å². The SMILES string of the molecule is NC1CCC(C(=O)Nc2ncc(Cc3ccc(F)cc3F)s2)C1. The maximum atomic E-state index is 13.7. The van der Waals surface area contributed by atoms with Gasteiger partial charge in [-0.15, -0.1) is 11.3 Å². The second kappa shape index (κ2) is 6.72. The van der Waals surface area contributed by atoms with Gasteiger partial charge in [0.15, 0.2) is 5.13 Å². The van der Waals surface area contributed by atoms with E-state index in [1.165, 1.54) is 23.5 Å². The molecular formula is C16H17F2N3OS. The van der Waals surface area contributed by atoms with Gasteiger partial charge >= 0.3 is 0 Å². The van der Waals surface area contributed by atoms with Gasteiger partial charge in [0.25, 0.3) is 0 Å². The minimum Gasteiger partial charge on any atom is -0.328 e. The lowest BCUT2D eigenvalue weighted by Gasteiger charge is -2.08. The Balaban J connectivity index is 1.62. The molecule has 2 atom stereocenters. The number of carbonyl (C=O) groups is 1. The van der Waals surface area contributed by atoms with E-state index in [-0.39, 0.29) is 17.9 Å². The molecule has 2 aromatic rings. The van der Waals surface area contributed by atoms with Crippen molar-refractivity contribution >= 4 is 22.4 Å². The first-order valence-electron chi connectivity index (χ1n) is 7.46. The summed E-state index contributed by atoms with van der Waals surface area (Å²) >= 11 is 1.29. The van der Waals surface area contributed by atoms with E-state index >= 15 is 0 Å². The first kappa shape index (κ1) is 16.0. The van der Waals surface area contributed by atoms with Crippen LogP contribution in [0, 0.1) is 17.6 Å². The highest BCUT2D eigenvalue weighted by molar-refractivity contribution is 7.15. The molecule has 1 saturated carbocycles. The summed E-state index contributed by atoms with van der Waals surface area (Å²) in [6.45, 7) is 0. The minimum absolute atomic E-state index is 0.0631. The number of anilines is 1. The van der Waals surface area contributed by atoms with Crippen LogP contribution in [-0.2, 0) is 11.2 Å². The number of carbonyl (C=O) groups excluding carboxylic acids is 1. The summed E-state index contributed by atoms with van der Waals surface area (Å²) in [5.41, 5.74) is 6.21. The first-order chi connectivity index (χ1) is 11.0. The number of hydrogen-bond acceptors (Lipinski definition) is 4. The molecule has 4 nitrogen and oxygen atoms in total. The smallest absolute Gasteiger partial charge is 0.229 e. The Morgan fingerprint density at radius 2 is 2.22 bits per heavy atom. The van der Waals surface area contributed by atoms with Gasteiger partial charge in [-0.25, -0.2) is 13.8 Å².